The minimum absolute atomic E-state index is 0.0567. The summed E-state index contributed by atoms with van der Waals surface area (Å²) in [5.74, 6) is -0.402. The van der Waals surface area contributed by atoms with Crippen molar-refractivity contribution < 1.29 is 13.9 Å². The van der Waals surface area contributed by atoms with Gasteiger partial charge in [-0.2, -0.15) is 0 Å². The summed E-state index contributed by atoms with van der Waals surface area (Å²) in [5, 5.41) is 3.23. The summed E-state index contributed by atoms with van der Waals surface area (Å²) >= 11 is 6.22. The van der Waals surface area contributed by atoms with Crippen LogP contribution in [0, 0.1) is 5.82 Å². The molecule has 1 aromatic rings. The fourth-order valence-corrected chi connectivity index (χ4v) is 3.00. The fraction of sp³-hybridized carbons (Fsp3) is 0.562. The average Bonchev–Trinajstić information content (AvgIpc) is 2.49. The van der Waals surface area contributed by atoms with Gasteiger partial charge in [0.25, 0.3) is 0 Å². The molecule has 1 heterocycles. The van der Waals surface area contributed by atoms with Crippen LogP contribution < -0.4 is 5.32 Å². The number of rotatable bonds is 5. The Morgan fingerprint density at radius 2 is 2.36 bits per heavy atom. The van der Waals surface area contributed by atoms with Crippen LogP contribution in [0.5, 0.6) is 0 Å². The molecule has 1 fully saturated rings. The normalized spacial score (nSPS) is 20.6. The molecule has 1 aliphatic heterocycles. The zero-order valence-electron chi connectivity index (χ0n) is 12.9. The van der Waals surface area contributed by atoms with Gasteiger partial charge in [-0.05, 0) is 19.1 Å². The van der Waals surface area contributed by atoms with Gasteiger partial charge in [0, 0.05) is 36.6 Å². The number of halogens is 2. The van der Waals surface area contributed by atoms with Gasteiger partial charge in [-0.15, -0.1) is 0 Å². The minimum Gasteiger partial charge on any atom is -0.376 e. The Balaban J connectivity index is 2.26. The highest BCUT2D eigenvalue weighted by Crippen LogP contribution is 2.31. The van der Waals surface area contributed by atoms with Gasteiger partial charge in [0.05, 0.1) is 18.8 Å². The van der Waals surface area contributed by atoms with Crippen LogP contribution in [0.15, 0.2) is 18.2 Å². The van der Waals surface area contributed by atoms with Crippen LogP contribution in [0.1, 0.15) is 31.9 Å². The molecule has 1 aromatic carbocycles. The molecule has 2 atom stereocenters. The molecular weight excluding hydrogens is 307 g/mol. The van der Waals surface area contributed by atoms with Crippen molar-refractivity contribution in [2.75, 3.05) is 26.2 Å². The van der Waals surface area contributed by atoms with Crippen molar-refractivity contribution in [2.24, 2.45) is 0 Å². The zero-order valence-corrected chi connectivity index (χ0v) is 13.7. The van der Waals surface area contributed by atoms with Crippen LogP contribution in [-0.2, 0) is 9.53 Å². The molecule has 0 radical (unpaired) electrons. The molecule has 0 spiro atoms. The van der Waals surface area contributed by atoms with Crippen LogP contribution in [-0.4, -0.2) is 43.2 Å². The Hall–Kier alpha value is -1.17. The molecule has 1 saturated heterocycles. The molecule has 1 N–H and O–H groups in total. The third-order valence-corrected chi connectivity index (χ3v) is 4.19. The van der Waals surface area contributed by atoms with E-state index in [0.717, 1.165) is 0 Å². The molecule has 122 valence electrons. The molecule has 6 heteroatoms. The van der Waals surface area contributed by atoms with E-state index in [9.17, 15) is 9.18 Å². The first-order valence-electron chi connectivity index (χ1n) is 7.59. The van der Waals surface area contributed by atoms with Gasteiger partial charge in [-0.1, -0.05) is 24.6 Å². The molecule has 4 nitrogen and oxygen atoms in total. The smallest absolute Gasteiger partial charge is 0.219 e. The first kappa shape index (κ1) is 17.2. The van der Waals surface area contributed by atoms with E-state index >= 15 is 0 Å². The van der Waals surface area contributed by atoms with Crippen LogP contribution in [0.25, 0.3) is 0 Å². The van der Waals surface area contributed by atoms with Crippen molar-refractivity contribution in [3.8, 4) is 0 Å². The summed E-state index contributed by atoms with van der Waals surface area (Å²) in [6.07, 6.45) is 0.473. The monoisotopic (exact) mass is 328 g/mol. The van der Waals surface area contributed by atoms with E-state index in [4.69, 9.17) is 16.3 Å². The number of benzene rings is 1. The average molecular weight is 329 g/mol. The molecule has 22 heavy (non-hydrogen) atoms. The lowest BCUT2D eigenvalue weighted by Gasteiger charge is -2.38. The SMILES string of the molecule is CCC(=O)NC[C@@H](c1c(F)cccc1Cl)N1CCO[C@@H](C)C1. The molecule has 0 aromatic heterocycles. The topological polar surface area (TPSA) is 41.6 Å². The van der Waals surface area contributed by atoms with Gasteiger partial charge in [0.2, 0.25) is 5.91 Å². The van der Waals surface area contributed by atoms with Crippen molar-refractivity contribution in [1.82, 2.24) is 10.2 Å². The zero-order chi connectivity index (χ0) is 16.1. The summed E-state index contributed by atoms with van der Waals surface area (Å²) in [5.41, 5.74) is 0.440. The van der Waals surface area contributed by atoms with Crippen LogP contribution in [0.3, 0.4) is 0 Å². The van der Waals surface area contributed by atoms with Crippen molar-refractivity contribution >= 4 is 17.5 Å². The molecule has 0 aliphatic carbocycles. The number of amides is 1. The summed E-state index contributed by atoms with van der Waals surface area (Å²) in [4.78, 5) is 13.7. The van der Waals surface area contributed by atoms with Gasteiger partial charge in [0.15, 0.2) is 0 Å². The van der Waals surface area contributed by atoms with Crippen molar-refractivity contribution in [1.29, 1.82) is 0 Å². The second-order valence-electron chi connectivity index (χ2n) is 5.49. The highest BCUT2D eigenvalue weighted by molar-refractivity contribution is 6.31. The second-order valence-corrected chi connectivity index (χ2v) is 5.89. The van der Waals surface area contributed by atoms with Gasteiger partial charge in [-0.25, -0.2) is 4.39 Å². The highest BCUT2D eigenvalue weighted by Gasteiger charge is 2.29. The summed E-state index contributed by atoms with van der Waals surface area (Å²) in [6, 6.07) is 4.37. The molecule has 0 bridgehead atoms. The number of carbonyl (C=O) groups excluding carboxylic acids is 1. The molecule has 1 aliphatic rings. The molecule has 0 saturated carbocycles. The Kier molecular flexibility index (Phi) is 6.17. The van der Waals surface area contributed by atoms with Crippen molar-refractivity contribution in [2.45, 2.75) is 32.4 Å². The Morgan fingerprint density at radius 3 is 3.00 bits per heavy atom. The van der Waals surface area contributed by atoms with E-state index in [0.29, 0.717) is 43.2 Å². The van der Waals surface area contributed by atoms with E-state index in [1.54, 1.807) is 19.1 Å². The number of ether oxygens (including phenoxy) is 1. The van der Waals surface area contributed by atoms with Gasteiger partial charge in [-0.3, -0.25) is 9.69 Å². The number of carbonyl (C=O) groups is 1. The van der Waals surface area contributed by atoms with E-state index in [2.05, 4.69) is 10.2 Å². The maximum atomic E-state index is 14.3. The maximum Gasteiger partial charge on any atom is 0.219 e. The van der Waals surface area contributed by atoms with Crippen molar-refractivity contribution in [3.05, 3.63) is 34.6 Å². The van der Waals surface area contributed by atoms with E-state index in [-0.39, 0.29) is 23.9 Å². The standard InChI is InChI=1S/C16H22ClFN2O2/c1-3-15(21)19-9-14(20-7-8-22-11(2)10-20)16-12(17)5-4-6-13(16)18/h4-6,11,14H,3,7-10H2,1-2H3,(H,19,21)/t11-,14-/m0/s1. The highest BCUT2D eigenvalue weighted by atomic mass is 35.5. The van der Waals surface area contributed by atoms with Crippen LogP contribution in [0.4, 0.5) is 4.39 Å². The number of nitrogens with zero attached hydrogens (tertiary/aromatic N) is 1. The summed E-state index contributed by atoms with van der Waals surface area (Å²) in [7, 11) is 0. The second kappa shape index (κ2) is 7.90. The molecular formula is C16H22ClFN2O2. The first-order chi connectivity index (χ1) is 10.5. The van der Waals surface area contributed by atoms with E-state index in [1.807, 2.05) is 6.92 Å². The third-order valence-electron chi connectivity index (χ3n) is 3.86. The van der Waals surface area contributed by atoms with Crippen LogP contribution >= 0.6 is 11.6 Å². The predicted octanol–water partition coefficient (Wildman–Crippen LogP) is 2.77. The van der Waals surface area contributed by atoms with Gasteiger partial charge >= 0.3 is 0 Å². The number of morpholine rings is 1. The number of hydrogen-bond acceptors (Lipinski definition) is 3. The summed E-state index contributed by atoms with van der Waals surface area (Å²) in [6.45, 7) is 6.05. The number of nitrogens with one attached hydrogen (secondary N) is 1. The Bertz CT molecular complexity index is 507. The lowest BCUT2D eigenvalue weighted by Crippen LogP contribution is -2.46. The molecule has 0 unspecified atom stereocenters. The lowest BCUT2D eigenvalue weighted by molar-refractivity contribution is -0.121. The Morgan fingerprint density at radius 1 is 1.59 bits per heavy atom. The Labute approximate surface area is 135 Å². The predicted molar refractivity (Wildman–Crippen MR) is 84.4 cm³/mol. The van der Waals surface area contributed by atoms with Gasteiger partial charge in [0.1, 0.15) is 5.82 Å². The minimum atomic E-state index is -0.345. The van der Waals surface area contributed by atoms with Gasteiger partial charge < -0.3 is 10.1 Å². The first-order valence-corrected chi connectivity index (χ1v) is 7.97. The fourth-order valence-electron chi connectivity index (χ4n) is 2.71. The maximum absolute atomic E-state index is 14.3. The van der Waals surface area contributed by atoms with E-state index < -0.39 is 0 Å². The van der Waals surface area contributed by atoms with E-state index in [1.165, 1.54) is 6.07 Å². The quantitative estimate of drug-likeness (QED) is 0.903. The lowest BCUT2D eigenvalue weighted by atomic mass is 10.0. The third kappa shape index (κ3) is 4.18. The largest absolute Gasteiger partial charge is 0.376 e. The van der Waals surface area contributed by atoms with Crippen molar-refractivity contribution in [3.63, 3.8) is 0 Å². The molecule has 2 rings (SSSR count). The molecule has 1 amide bonds. The number of hydrogen-bond donors (Lipinski definition) is 1. The van der Waals surface area contributed by atoms with Crippen LogP contribution in [0.2, 0.25) is 5.02 Å². The summed E-state index contributed by atoms with van der Waals surface area (Å²) < 4.78 is 19.8.